The molecule has 2 N–H and O–H groups in total. The standard InChI is InChI=1S/C15H13N5O4S2/c1-7-12(26-8(2)17-7)14-18-19-15(24-14)25-6-10-4-3-9(13(16)21)5-11(10)20(22)23/h3-5H,6H2,1-2H3,(H2,16,21). The Morgan fingerprint density at radius 3 is 2.77 bits per heavy atom. The van der Waals surface area contributed by atoms with Gasteiger partial charge in [-0.15, -0.1) is 21.5 Å². The van der Waals surface area contributed by atoms with Crippen molar-refractivity contribution in [2.24, 2.45) is 5.73 Å². The highest BCUT2D eigenvalue weighted by Crippen LogP contribution is 2.32. The number of thiazole rings is 1. The average molecular weight is 391 g/mol. The predicted molar refractivity (Wildman–Crippen MR) is 96.1 cm³/mol. The molecular formula is C15H13N5O4S2. The van der Waals surface area contributed by atoms with Gasteiger partial charge < -0.3 is 10.2 Å². The zero-order valence-corrected chi connectivity index (χ0v) is 15.4. The topological polar surface area (TPSA) is 138 Å². The van der Waals surface area contributed by atoms with Crippen molar-refractivity contribution in [3.8, 4) is 10.8 Å². The van der Waals surface area contributed by atoms with Crippen molar-refractivity contribution in [2.45, 2.75) is 24.8 Å². The summed E-state index contributed by atoms with van der Waals surface area (Å²) in [7, 11) is 0. The molecule has 3 rings (SSSR count). The Kier molecular flexibility index (Phi) is 5.00. The summed E-state index contributed by atoms with van der Waals surface area (Å²) in [6.45, 7) is 3.75. The molecule has 0 radical (unpaired) electrons. The summed E-state index contributed by atoms with van der Waals surface area (Å²) >= 11 is 2.63. The van der Waals surface area contributed by atoms with E-state index in [4.69, 9.17) is 10.2 Å². The summed E-state index contributed by atoms with van der Waals surface area (Å²) in [6, 6.07) is 4.12. The highest BCUT2D eigenvalue weighted by molar-refractivity contribution is 7.98. The Balaban J connectivity index is 1.78. The summed E-state index contributed by atoms with van der Waals surface area (Å²) < 4.78 is 5.62. The van der Waals surface area contributed by atoms with Gasteiger partial charge in [0, 0.05) is 22.9 Å². The number of nitrogens with two attached hydrogens (primary N) is 1. The Hall–Kier alpha value is -2.79. The number of aryl methyl sites for hydroxylation is 2. The monoisotopic (exact) mass is 391 g/mol. The number of thioether (sulfide) groups is 1. The maximum atomic E-state index is 11.2. The Morgan fingerprint density at radius 2 is 2.15 bits per heavy atom. The zero-order chi connectivity index (χ0) is 18.8. The summed E-state index contributed by atoms with van der Waals surface area (Å²) in [5.41, 5.74) is 6.31. The maximum absolute atomic E-state index is 11.2. The van der Waals surface area contributed by atoms with E-state index < -0.39 is 10.8 Å². The zero-order valence-electron chi connectivity index (χ0n) is 13.8. The smallest absolute Gasteiger partial charge is 0.277 e. The number of nitro benzene ring substituents is 1. The summed E-state index contributed by atoms with van der Waals surface area (Å²) in [6.07, 6.45) is 0. The lowest BCUT2D eigenvalue weighted by Gasteiger charge is -2.02. The number of hydrogen-bond acceptors (Lipinski definition) is 9. The van der Waals surface area contributed by atoms with Crippen LogP contribution in [0.1, 0.15) is 26.6 Å². The Labute approximate surface area is 155 Å². The van der Waals surface area contributed by atoms with Crippen LogP contribution in [0.2, 0.25) is 0 Å². The molecule has 2 aromatic heterocycles. The number of carbonyl (C=O) groups is 1. The molecule has 2 heterocycles. The summed E-state index contributed by atoms with van der Waals surface area (Å²) in [5.74, 6) is -0.115. The second kappa shape index (κ2) is 7.22. The quantitative estimate of drug-likeness (QED) is 0.384. The highest BCUT2D eigenvalue weighted by Gasteiger charge is 2.19. The molecule has 0 aliphatic rings. The van der Waals surface area contributed by atoms with Crippen LogP contribution in [0.15, 0.2) is 27.8 Å². The number of rotatable bonds is 6. The number of carbonyl (C=O) groups excluding carboxylic acids is 1. The molecular weight excluding hydrogens is 378 g/mol. The highest BCUT2D eigenvalue weighted by atomic mass is 32.2. The molecule has 0 aliphatic carbocycles. The second-order valence-corrected chi connectivity index (χ2v) is 7.40. The van der Waals surface area contributed by atoms with E-state index in [1.54, 1.807) is 0 Å². The van der Waals surface area contributed by atoms with Gasteiger partial charge in [-0.05, 0) is 19.9 Å². The van der Waals surface area contributed by atoms with E-state index in [1.807, 2.05) is 13.8 Å². The third kappa shape index (κ3) is 3.73. The number of primary amides is 1. The van der Waals surface area contributed by atoms with Crippen LogP contribution >= 0.6 is 23.1 Å². The SMILES string of the molecule is Cc1nc(C)c(-c2nnc(SCc3ccc(C(N)=O)cc3[N+](=O)[O-])o2)s1. The first kappa shape index (κ1) is 18.0. The molecule has 0 bridgehead atoms. The van der Waals surface area contributed by atoms with Crippen molar-refractivity contribution in [3.63, 3.8) is 0 Å². The normalized spacial score (nSPS) is 10.8. The van der Waals surface area contributed by atoms with Crippen LogP contribution in [-0.4, -0.2) is 26.0 Å². The van der Waals surface area contributed by atoms with Gasteiger partial charge >= 0.3 is 0 Å². The molecule has 0 atom stereocenters. The van der Waals surface area contributed by atoms with Gasteiger partial charge in [-0.1, -0.05) is 17.8 Å². The van der Waals surface area contributed by atoms with Gasteiger partial charge in [0.05, 0.1) is 15.6 Å². The average Bonchev–Trinajstić information content (AvgIpc) is 3.18. The summed E-state index contributed by atoms with van der Waals surface area (Å²) in [4.78, 5) is 27.0. The van der Waals surface area contributed by atoms with E-state index in [1.165, 1.54) is 41.3 Å². The number of nitrogens with zero attached hydrogens (tertiary/aromatic N) is 4. The lowest BCUT2D eigenvalue weighted by atomic mass is 10.1. The number of amides is 1. The first-order valence-electron chi connectivity index (χ1n) is 7.33. The van der Waals surface area contributed by atoms with Gasteiger partial charge in [0.1, 0.15) is 4.88 Å². The van der Waals surface area contributed by atoms with E-state index in [0.717, 1.165) is 15.6 Å². The molecule has 0 spiro atoms. The van der Waals surface area contributed by atoms with Crippen molar-refractivity contribution >= 4 is 34.7 Å². The number of aromatic nitrogens is 3. The second-order valence-electron chi connectivity index (χ2n) is 5.27. The minimum absolute atomic E-state index is 0.0848. The van der Waals surface area contributed by atoms with Crippen LogP contribution in [0.3, 0.4) is 0 Å². The van der Waals surface area contributed by atoms with Gasteiger partial charge in [-0.25, -0.2) is 4.98 Å². The van der Waals surface area contributed by atoms with Crippen LogP contribution in [0.25, 0.3) is 10.8 Å². The number of nitro groups is 1. The van der Waals surface area contributed by atoms with Crippen molar-refractivity contribution in [2.75, 3.05) is 0 Å². The van der Waals surface area contributed by atoms with Crippen molar-refractivity contribution < 1.29 is 14.1 Å². The third-order valence-electron chi connectivity index (χ3n) is 3.42. The fourth-order valence-electron chi connectivity index (χ4n) is 2.24. The molecule has 1 amide bonds. The van der Waals surface area contributed by atoms with E-state index in [9.17, 15) is 14.9 Å². The van der Waals surface area contributed by atoms with Gasteiger partial charge in [0.15, 0.2) is 0 Å². The van der Waals surface area contributed by atoms with E-state index in [2.05, 4.69) is 15.2 Å². The maximum Gasteiger partial charge on any atom is 0.277 e. The van der Waals surface area contributed by atoms with Gasteiger partial charge in [-0.2, -0.15) is 0 Å². The molecule has 0 fully saturated rings. The Morgan fingerprint density at radius 1 is 1.38 bits per heavy atom. The van der Waals surface area contributed by atoms with Crippen LogP contribution < -0.4 is 5.73 Å². The molecule has 26 heavy (non-hydrogen) atoms. The Bertz CT molecular complexity index is 998. The van der Waals surface area contributed by atoms with Crippen molar-refractivity contribution in [1.29, 1.82) is 0 Å². The molecule has 0 saturated carbocycles. The van der Waals surface area contributed by atoms with Crippen LogP contribution in [0.4, 0.5) is 5.69 Å². The van der Waals surface area contributed by atoms with Crippen LogP contribution in [0, 0.1) is 24.0 Å². The first-order valence-corrected chi connectivity index (χ1v) is 9.13. The lowest BCUT2D eigenvalue weighted by Crippen LogP contribution is -2.11. The molecule has 0 saturated heterocycles. The van der Waals surface area contributed by atoms with E-state index in [0.29, 0.717) is 16.7 Å². The molecule has 134 valence electrons. The number of hydrogen-bond donors (Lipinski definition) is 1. The van der Waals surface area contributed by atoms with Crippen LogP contribution in [0.5, 0.6) is 0 Å². The largest absolute Gasteiger partial charge is 0.410 e. The first-order chi connectivity index (χ1) is 12.3. The predicted octanol–water partition coefficient (Wildman–Crippen LogP) is 3.11. The number of benzene rings is 1. The molecule has 0 unspecified atom stereocenters. The van der Waals surface area contributed by atoms with E-state index in [-0.39, 0.29) is 17.0 Å². The summed E-state index contributed by atoms with van der Waals surface area (Å²) in [5, 5.41) is 20.4. The molecule has 3 aromatic rings. The van der Waals surface area contributed by atoms with Gasteiger partial charge in [0.25, 0.3) is 16.8 Å². The van der Waals surface area contributed by atoms with Gasteiger partial charge in [0.2, 0.25) is 5.91 Å². The molecule has 1 aromatic carbocycles. The van der Waals surface area contributed by atoms with Crippen molar-refractivity contribution in [3.05, 3.63) is 50.1 Å². The van der Waals surface area contributed by atoms with Crippen molar-refractivity contribution in [1.82, 2.24) is 15.2 Å². The van der Waals surface area contributed by atoms with Gasteiger partial charge in [-0.3, -0.25) is 14.9 Å². The lowest BCUT2D eigenvalue weighted by molar-refractivity contribution is -0.385. The fourth-order valence-corrected chi connectivity index (χ4v) is 3.84. The van der Waals surface area contributed by atoms with E-state index >= 15 is 0 Å². The molecule has 0 aliphatic heterocycles. The van der Waals surface area contributed by atoms with Crippen LogP contribution in [-0.2, 0) is 5.75 Å². The molecule has 9 nitrogen and oxygen atoms in total. The molecule has 11 heteroatoms. The third-order valence-corrected chi connectivity index (χ3v) is 5.35. The fraction of sp³-hybridized carbons (Fsp3) is 0.200. The minimum atomic E-state index is -0.718. The minimum Gasteiger partial charge on any atom is -0.410 e.